The van der Waals surface area contributed by atoms with Gasteiger partial charge in [-0.1, -0.05) is 12.2 Å². The van der Waals surface area contributed by atoms with Crippen molar-refractivity contribution in [2.45, 2.75) is 44.9 Å². The number of carbonyl (C=O) groups is 4. The minimum atomic E-state index is -0.304. The van der Waals surface area contributed by atoms with Crippen LogP contribution in [0, 0.1) is 71.0 Å². The van der Waals surface area contributed by atoms with Gasteiger partial charge in [-0.15, -0.1) is 0 Å². The summed E-state index contributed by atoms with van der Waals surface area (Å²) in [7, 11) is 8.00. The van der Waals surface area contributed by atoms with Crippen molar-refractivity contribution in [1.29, 1.82) is 0 Å². The lowest BCUT2D eigenvalue weighted by molar-refractivity contribution is -0.156. The van der Waals surface area contributed by atoms with Crippen LogP contribution in [0.4, 0.5) is 0 Å². The second-order valence-electron chi connectivity index (χ2n) is 11.9. The van der Waals surface area contributed by atoms with E-state index in [2.05, 4.69) is 24.9 Å². The summed E-state index contributed by atoms with van der Waals surface area (Å²) in [4.78, 5) is 44.8. The van der Waals surface area contributed by atoms with Crippen LogP contribution in [-0.2, 0) is 28.7 Å². The van der Waals surface area contributed by atoms with E-state index in [9.17, 15) is 19.2 Å². The fourth-order valence-electron chi connectivity index (χ4n) is 9.00. The summed E-state index contributed by atoms with van der Waals surface area (Å²) < 4.78 is 9.22. The smallest absolute Gasteiger partial charge is 0.318 e. The number of fused-ring (bicyclic) bond motifs is 12. The van der Waals surface area contributed by atoms with E-state index < -0.39 is 0 Å². The van der Waals surface area contributed by atoms with Crippen molar-refractivity contribution in [2.75, 3.05) is 13.2 Å². The van der Waals surface area contributed by atoms with Crippen LogP contribution in [0.25, 0.3) is 0 Å². The van der Waals surface area contributed by atoms with Crippen LogP contribution < -0.4 is 0 Å². The third-order valence-electron chi connectivity index (χ3n) is 10.6. The molecule has 8 nitrogen and oxygen atoms in total. The first-order chi connectivity index (χ1) is 17.9. The molecule has 5 saturated carbocycles. The molecule has 0 amide bonds. The Balaban J connectivity index is 0.000000110. The second kappa shape index (κ2) is 10.7. The van der Waals surface area contributed by atoms with Crippen LogP contribution in [0.1, 0.15) is 44.9 Å². The van der Waals surface area contributed by atoms with E-state index in [0.717, 1.165) is 37.5 Å². The fraction of sp³-hybridized carbons (Fsp3) is 0.778. The summed E-state index contributed by atoms with van der Waals surface area (Å²) in [5.41, 5.74) is 0. The quantitative estimate of drug-likeness (QED) is 0.246. The van der Waals surface area contributed by atoms with E-state index in [0.29, 0.717) is 23.7 Å². The van der Waals surface area contributed by atoms with Crippen LogP contribution in [-0.4, -0.2) is 62.8 Å². The zero-order valence-corrected chi connectivity index (χ0v) is 20.9. The molecule has 8 aliphatic rings. The molecule has 0 aromatic carbocycles. The summed E-state index contributed by atoms with van der Waals surface area (Å²) >= 11 is 0. The Morgan fingerprint density at radius 3 is 1.35 bits per heavy atom. The maximum Gasteiger partial charge on any atom is 0.318 e. The van der Waals surface area contributed by atoms with Gasteiger partial charge in [-0.2, -0.15) is 0 Å². The van der Waals surface area contributed by atoms with Gasteiger partial charge in [0.1, 0.15) is 0 Å². The van der Waals surface area contributed by atoms with Crippen molar-refractivity contribution in [2.24, 2.45) is 71.0 Å². The molecule has 12 atom stereocenters. The van der Waals surface area contributed by atoms with Crippen LogP contribution in [0.5, 0.6) is 0 Å². The van der Waals surface area contributed by atoms with Crippen LogP contribution in [0.3, 0.4) is 0 Å². The number of carbonyl (C=O) groups excluding carboxylic acids is 4. The Bertz CT molecular complexity index is 898. The predicted molar refractivity (Wildman–Crippen MR) is 131 cm³/mol. The van der Waals surface area contributed by atoms with Crippen molar-refractivity contribution in [1.82, 2.24) is 0 Å². The van der Waals surface area contributed by atoms with Crippen LogP contribution in [0.2, 0.25) is 0 Å². The van der Waals surface area contributed by atoms with Gasteiger partial charge >= 0.3 is 23.9 Å². The Morgan fingerprint density at radius 2 is 0.946 bits per heavy atom. The Labute approximate surface area is 219 Å². The monoisotopic (exact) mass is 508 g/mol. The second-order valence-corrected chi connectivity index (χ2v) is 11.9. The molecule has 0 spiro atoms. The van der Waals surface area contributed by atoms with E-state index in [1.54, 1.807) is 0 Å². The summed E-state index contributed by atoms with van der Waals surface area (Å²) in [5.74, 6) is 2.23. The maximum atomic E-state index is 11.2. The number of aliphatic hydroxyl groups excluding tert-OH is 2. The summed E-state index contributed by atoms with van der Waals surface area (Å²) in [6.07, 6.45) is 12.2. The van der Waals surface area contributed by atoms with Crippen molar-refractivity contribution in [3.05, 3.63) is 12.2 Å². The zero-order valence-electron chi connectivity index (χ0n) is 20.9. The first-order valence-corrected chi connectivity index (χ1v) is 13.7. The molecule has 2 aliphatic heterocycles. The molecule has 196 valence electrons. The Kier molecular flexibility index (Phi) is 7.70. The van der Waals surface area contributed by atoms with Crippen molar-refractivity contribution in [3.8, 4) is 0 Å². The van der Waals surface area contributed by atoms with E-state index in [-0.39, 0.29) is 72.6 Å². The lowest BCUT2D eigenvalue weighted by Crippen LogP contribution is -2.27. The number of cyclic esters (lactones) is 4. The van der Waals surface area contributed by atoms with Gasteiger partial charge in [0.2, 0.25) is 0 Å². The highest BCUT2D eigenvalue weighted by molar-refractivity contribution is 6.75. The Hall–Kier alpha value is -1.93. The molecule has 1 unspecified atom stereocenters. The number of rotatable bonds is 2. The largest absolute Gasteiger partial charge is 0.396 e. The molecule has 0 aromatic rings. The number of aliphatic hydroxyl groups is 2. The van der Waals surface area contributed by atoms with Gasteiger partial charge in [0.25, 0.3) is 0 Å². The van der Waals surface area contributed by atoms with Gasteiger partial charge in [0, 0.05) is 28.7 Å². The van der Waals surface area contributed by atoms with Crippen LogP contribution in [0.15, 0.2) is 12.2 Å². The molecule has 6 bridgehead atoms. The van der Waals surface area contributed by atoms with Gasteiger partial charge in [0.15, 0.2) is 0 Å². The lowest BCUT2D eigenvalue weighted by atomic mass is 9.80. The number of hydrogen-bond donors (Lipinski definition) is 2. The molecule has 2 saturated heterocycles. The van der Waals surface area contributed by atoms with Crippen molar-refractivity contribution >= 4 is 39.4 Å². The summed E-state index contributed by atoms with van der Waals surface area (Å²) in [6.45, 7) is 0.568. The molecule has 2 heterocycles. The molecule has 10 heteroatoms. The van der Waals surface area contributed by atoms with E-state index in [1.807, 2.05) is 12.2 Å². The normalized spacial score (nSPS) is 46.3. The molecule has 4 radical (unpaired) electrons. The number of esters is 4. The van der Waals surface area contributed by atoms with Gasteiger partial charge < -0.3 is 19.7 Å². The van der Waals surface area contributed by atoms with Crippen molar-refractivity contribution in [3.63, 3.8) is 0 Å². The molecular formula is C27H34B2O8. The van der Waals surface area contributed by atoms with Crippen molar-refractivity contribution < 1.29 is 38.9 Å². The minimum absolute atomic E-state index is 0.0590. The maximum absolute atomic E-state index is 11.2. The number of allylic oxidation sites excluding steroid dienone is 2. The third-order valence-corrected chi connectivity index (χ3v) is 10.6. The SMILES string of the molecule is O=C1OC(=O)[C@@H]2C1[C@@H]1CC[C@H]2C1.O=C1OC(=O)[C@H]2[C@@H]1[C@H]1C=C[C@@H]2C1.OC[C@@H]1[C@@H]2CC[C@@H](C2)[C@@H]1CO.[B][B]. The Morgan fingerprint density at radius 1 is 0.595 bits per heavy atom. The molecule has 8 rings (SSSR count). The van der Waals surface area contributed by atoms with Gasteiger partial charge in [-0.05, 0) is 92.3 Å². The zero-order chi connectivity index (χ0) is 26.4. The summed E-state index contributed by atoms with van der Waals surface area (Å²) in [6, 6.07) is 0. The van der Waals surface area contributed by atoms with Crippen LogP contribution >= 0.6 is 0 Å². The predicted octanol–water partition coefficient (Wildman–Crippen LogP) is 1.11. The average molecular weight is 508 g/mol. The number of ether oxygens (including phenoxy) is 2. The van der Waals surface area contributed by atoms with Gasteiger partial charge in [0.05, 0.1) is 23.7 Å². The summed E-state index contributed by atoms with van der Waals surface area (Å²) in [5, 5.41) is 18.2. The van der Waals surface area contributed by atoms with Gasteiger partial charge in [-0.25, -0.2) is 0 Å². The topological polar surface area (TPSA) is 127 Å². The van der Waals surface area contributed by atoms with Gasteiger partial charge in [-0.3, -0.25) is 19.2 Å². The highest BCUT2D eigenvalue weighted by Gasteiger charge is 2.60. The minimum Gasteiger partial charge on any atom is -0.396 e. The standard InChI is InChI=1S/C9H10O3.C9H8O3.C9H16O2.B2/c2*10-8-6-4-1-2-5(3-4)7(6)9(11)12-8;10-4-8-6-1-2-7(3-6)9(8)5-11;1-2/h4-7H,1-3H2;1-2,4-7H,3H2;6-11H,1-5H2;/t4-,5+,6-,7?;4-,5+,6-,7+;6-,7+,8-,9+;/m0.../s1. The highest BCUT2D eigenvalue weighted by atomic mass is 16.6. The molecule has 37 heavy (non-hydrogen) atoms. The fourth-order valence-corrected chi connectivity index (χ4v) is 9.00. The van der Waals surface area contributed by atoms with E-state index >= 15 is 0 Å². The molecule has 6 aliphatic carbocycles. The molecule has 7 fully saturated rings. The molecular weight excluding hydrogens is 474 g/mol. The molecule has 2 N–H and O–H groups in total. The van der Waals surface area contributed by atoms with E-state index in [1.165, 1.54) is 19.3 Å². The molecule has 0 aromatic heterocycles. The first-order valence-electron chi connectivity index (χ1n) is 13.7. The average Bonchev–Trinajstić information content (AvgIpc) is 3.75. The number of hydrogen-bond acceptors (Lipinski definition) is 8. The first kappa shape index (κ1) is 26.7. The highest BCUT2D eigenvalue weighted by Crippen LogP contribution is 2.55. The van der Waals surface area contributed by atoms with E-state index in [4.69, 9.17) is 10.2 Å². The third kappa shape index (κ3) is 4.42. The lowest BCUT2D eigenvalue weighted by Gasteiger charge is -2.27.